The Morgan fingerprint density at radius 1 is 1.44 bits per heavy atom. The molecular formula is C12H16ClN3O2. The molecule has 3 N–H and O–H groups in total. The predicted octanol–water partition coefficient (Wildman–Crippen LogP) is 1.45. The first-order valence-electron chi connectivity index (χ1n) is 5.87. The molecule has 1 fully saturated rings. The van der Waals surface area contributed by atoms with Crippen LogP contribution in [0.4, 0.5) is 10.5 Å². The summed E-state index contributed by atoms with van der Waals surface area (Å²) in [6, 6.07) is 6.71. The Balaban J connectivity index is 1.73. The van der Waals surface area contributed by atoms with Crippen LogP contribution in [0.25, 0.3) is 0 Å². The lowest BCUT2D eigenvalue weighted by molar-refractivity contribution is 0.0310. The normalized spacial score (nSPS) is 19.3. The van der Waals surface area contributed by atoms with Gasteiger partial charge < -0.3 is 20.7 Å². The van der Waals surface area contributed by atoms with Crippen LogP contribution < -0.4 is 16.0 Å². The van der Waals surface area contributed by atoms with Crippen LogP contribution in [0.15, 0.2) is 24.3 Å². The van der Waals surface area contributed by atoms with E-state index in [1.807, 2.05) is 0 Å². The molecule has 0 aliphatic carbocycles. The highest BCUT2D eigenvalue weighted by molar-refractivity contribution is 6.30. The Bertz CT molecular complexity index is 391. The maximum atomic E-state index is 11.6. The number of rotatable bonds is 3. The Labute approximate surface area is 111 Å². The third-order valence-corrected chi connectivity index (χ3v) is 2.85. The second-order valence-electron chi connectivity index (χ2n) is 4.04. The molecule has 1 aliphatic heterocycles. The Kier molecular flexibility index (Phi) is 4.81. The van der Waals surface area contributed by atoms with Gasteiger partial charge in [-0.3, -0.25) is 0 Å². The number of morpholine rings is 1. The van der Waals surface area contributed by atoms with Crippen LogP contribution in [0, 0.1) is 0 Å². The number of hydrogen-bond acceptors (Lipinski definition) is 3. The van der Waals surface area contributed by atoms with Crippen LogP contribution in [0.5, 0.6) is 0 Å². The maximum absolute atomic E-state index is 11.6. The van der Waals surface area contributed by atoms with E-state index in [4.69, 9.17) is 16.3 Å². The molecule has 6 heteroatoms. The molecule has 1 aliphatic rings. The molecule has 0 spiro atoms. The zero-order chi connectivity index (χ0) is 12.8. The monoisotopic (exact) mass is 269 g/mol. The standard InChI is InChI=1S/C12H16ClN3O2/c13-9-1-3-10(4-2-9)16-12(17)15-8-11-7-14-5-6-18-11/h1-4,11,14H,5-8H2,(H2,15,16,17). The van der Waals surface area contributed by atoms with Crippen LogP contribution in [0.1, 0.15) is 0 Å². The van der Waals surface area contributed by atoms with E-state index in [9.17, 15) is 4.79 Å². The van der Waals surface area contributed by atoms with E-state index in [0.717, 1.165) is 13.1 Å². The molecule has 1 aromatic carbocycles. The molecule has 5 nitrogen and oxygen atoms in total. The van der Waals surface area contributed by atoms with Crippen molar-refractivity contribution in [2.75, 3.05) is 31.6 Å². The molecule has 1 heterocycles. The van der Waals surface area contributed by atoms with Crippen molar-refractivity contribution in [1.29, 1.82) is 0 Å². The van der Waals surface area contributed by atoms with Crippen LogP contribution in [-0.4, -0.2) is 38.4 Å². The summed E-state index contributed by atoms with van der Waals surface area (Å²) in [5.41, 5.74) is 0.708. The second kappa shape index (κ2) is 6.58. The third kappa shape index (κ3) is 4.18. The molecule has 0 aromatic heterocycles. The molecule has 2 amide bonds. The average molecular weight is 270 g/mol. The van der Waals surface area contributed by atoms with E-state index >= 15 is 0 Å². The van der Waals surface area contributed by atoms with Crippen LogP contribution in [-0.2, 0) is 4.74 Å². The van der Waals surface area contributed by atoms with Gasteiger partial charge in [-0.2, -0.15) is 0 Å². The number of benzene rings is 1. The van der Waals surface area contributed by atoms with E-state index < -0.39 is 0 Å². The van der Waals surface area contributed by atoms with Gasteiger partial charge in [0.1, 0.15) is 0 Å². The first-order chi connectivity index (χ1) is 8.74. The molecule has 0 radical (unpaired) electrons. The van der Waals surface area contributed by atoms with Crippen molar-refractivity contribution >= 4 is 23.3 Å². The summed E-state index contributed by atoms with van der Waals surface area (Å²) in [5.74, 6) is 0. The minimum Gasteiger partial charge on any atom is -0.374 e. The zero-order valence-electron chi connectivity index (χ0n) is 9.91. The minimum atomic E-state index is -0.244. The lowest BCUT2D eigenvalue weighted by atomic mass is 10.3. The van der Waals surface area contributed by atoms with Gasteiger partial charge in [0.25, 0.3) is 0 Å². The predicted molar refractivity (Wildman–Crippen MR) is 71.1 cm³/mol. The summed E-state index contributed by atoms with van der Waals surface area (Å²) in [6.07, 6.45) is 0.0368. The van der Waals surface area contributed by atoms with Gasteiger partial charge in [-0.15, -0.1) is 0 Å². The van der Waals surface area contributed by atoms with E-state index in [1.54, 1.807) is 24.3 Å². The van der Waals surface area contributed by atoms with Crippen molar-refractivity contribution in [3.8, 4) is 0 Å². The molecule has 1 saturated heterocycles. The summed E-state index contributed by atoms with van der Waals surface area (Å²) >= 11 is 5.76. The molecule has 0 bridgehead atoms. The molecule has 2 rings (SSSR count). The number of halogens is 1. The smallest absolute Gasteiger partial charge is 0.319 e. The highest BCUT2D eigenvalue weighted by atomic mass is 35.5. The zero-order valence-corrected chi connectivity index (χ0v) is 10.7. The number of hydrogen-bond donors (Lipinski definition) is 3. The van der Waals surface area contributed by atoms with E-state index in [-0.39, 0.29) is 12.1 Å². The fourth-order valence-electron chi connectivity index (χ4n) is 1.67. The number of anilines is 1. The number of carbonyl (C=O) groups excluding carboxylic acids is 1. The fraction of sp³-hybridized carbons (Fsp3) is 0.417. The van der Waals surface area contributed by atoms with E-state index in [2.05, 4.69) is 16.0 Å². The van der Waals surface area contributed by atoms with Crippen molar-refractivity contribution in [3.05, 3.63) is 29.3 Å². The van der Waals surface area contributed by atoms with Gasteiger partial charge in [-0.05, 0) is 24.3 Å². The fourth-order valence-corrected chi connectivity index (χ4v) is 1.79. The SMILES string of the molecule is O=C(NCC1CNCCO1)Nc1ccc(Cl)cc1. The number of urea groups is 1. The van der Waals surface area contributed by atoms with Gasteiger partial charge in [0.05, 0.1) is 12.7 Å². The number of ether oxygens (including phenoxy) is 1. The van der Waals surface area contributed by atoms with Crippen LogP contribution in [0.2, 0.25) is 5.02 Å². The lowest BCUT2D eigenvalue weighted by Gasteiger charge is -2.23. The summed E-state index contributed by atoms with van der Waals surface area (Å²) in [4.78, 5) is 11.6. The maximum Gasteiger partial charge on any atom is 0.319 e. The van der Waals surface area contributed by atoms with Crippen molar-refractivity contribution in [3.63, 3.8) is 0 Å². The summed E-state index contributed by atoms with van der Waals surface area (Å²) in [6.45, 7) is 2.81. The molecule has 1 atom stereocenters. The Morgan fingerprint density at radius 3 is 2.89 bits per heavy atom. The quantitative estimate of drug-likeness (QED) is 0.778. The van der Waals surface area contributed by atoms with Crippen LogP contribution in [0.3, 0.4) is 0 Å². The largest absolute Gasteiger partial charge is 0.374 e. The molecule has 1 aromatic rings. The first-order valence-corrected chi connectivity index (χ1v) is 6.24. The Morgan fingerprint density at radius 2 is 2.22 bits per heavy atom. The van der Waals surface area contributed by atoms with Crippen molar-refractivity contribution in [2.24, 2.45) is 0 Å². The van der Waals surface area contributed by atoms with Crippen LogP contribution >= 0.6 is 11.6 Å². The second-order valence-corrected chi connectivity index (χ2v) is 4.48. The van der Waals surface area contributed by atoms with Gasteiger partial charge in [-0.1, -0.05) is 11.6 Å². The summed E-state index contributed by atoms with van der Waals surface area (Å²) < 4.78 is 5.47. The van der Waals surface area contributed by atoms with Crippen molar-refractivity contribution < 1.29 is 9.53 Å². The third-order valence-electron chi connectivity index (χ3n) is 2.60. The van der Waals surface area contributed by atoms with E-state index in [0.29, 0.717) is 23.9 Å². The number of nitrogens with one attached hydrogen (secondary N) is 3. The molecule has 18 heavy (non-hydrogen) atoms. The Hall–Kier alpha value is -1.30. The molecule has 0 saturated carbocycles. The highest BCUT2D eigenvalue weighted by Gasteiger charge is 2.13. The van der Waals surface area contributed by atoms with Gasteiger partial charge in [0.15, 0.2) is 0 Å². The van der Waals surface area contributed by atoms with Gasteiger partial charge in [-0.25, -0.2) is 4.79 Å². The summed E-state index contributed by atoms with van der Waals surface area (Å²) in [5, 5.41) is 9.34. The molecular weight excluding hydrogens is 254 g/mol. The van der Waals surface area contributed by atoms with Gasteiger partial charge >= 0.3 is 6.03 Å². The van der Waals surface area contributed by atoms with Gasteiger partial charge in [0, 0.05) is 30.3 Å². The average Bonchev–Trinajstić information content (AvgIpc) is 2.40. The van der Waals surface area contributed by atoms with Crippen molar-refractivity contribution in [2.45, 2.75) is 6.10 Å². The minimum absolute atomic E-state index is 0.0368. The first kappa shape index (κ1) is 13.1. The lowest BCUT2D eigenvalue weighted by Crippen LogP contribution is -2.45. The van der Waals surface area contributed by atoms with Gasteiger partial charge in [0.2, 0.25) is 0 Å². The molecule has 1 unspecified atom stereocenters. The number of amides is 2. The summed E-state index contributed by atoms with van der Waals surface area (Å²) in [7, 11) is 0. The molecule has 98 valence electrons. The van der Waals surface area contributed by atoms with Crippen molar-refractivity contribution in [1.82, 2.24) is 10.6 Å². The topological polar surface area (TPSA) is 62.4 Å². The highest BCUT2D eigenvalue weighted by Crippen LogP contribution is 2.12. The number of carbonyl (C=O) groups is 1. The van der Waals surface area contributed by atoms with E-state index in [1.165, 1.54) is 0 Å².